The molecule has 0 saturated heterocycles. The van der Waals surface area contributed by atoms with Gasteiger partial charge in [0.2, 0.25) is 0 Å². The second-order valence-corrected chi connectivity index (χ2v) is 4.63. The first kappa shape index (κ1) is 20.3. The molecule has 0 radical (unpaired) electrons. The van der Waals surface area contributed by atoms with Crippen LogP contribution in [-0.4, -0.2) is 38.9 Å². The highest BCUT2D eigenvalue weighted by molar-refractivity contribution is 5.98. The summed E-state index contributed by atoms with van der Waals surface area (Å²) in [4.78, 5) is 11.4. The highest BCUT2D eigenvalue weighted by atomic mass is 19.4. The Kier molecular flexibility index (Phi) is 8.67. The summed E-state index contributed by atoms with van der Waals surface area (Å²) in [7, 11) is 1.53. The quantitative estimate of drug-likeness (QED) is 0.369. The Balaban J connectivity index is 5.21. The maximum atomic E-state index is 12.5. The second kappa shape index (κ2) is 9.38. The third-order valence-corrected chi connectivity index (χ3v) is 2.78. The number of alkyl halides is 3. The SMILES string of the molecule is C=C(C(C)=O)C(/C=C\C(=C)C(F)(F)F)=C(/C)COCCOC. The number of rotatable bonds is 9. The summed E-state index contributed by atoms with van der Waals surface area (Å²) in [5.41, 5.74) is 0.0337. The zero-order valence-corrected chi connectivity index (χ0v) is 13.0. The molecule has 0 aliphatic carbocycles. The van der Waals surface area contributed by atoms with E-state index in [1.54, 1.807) is 6.92 Å². The molecule has 3 nitrogen and oxygen atoms in total. The van der Waals surface area contributed by atoms with Crippen LogP contribution >= 0.6 is 0 Å². The molecule has 22 heavy (non-hydrogen) atoms. The number of allylic oxidation sites excluding steroid dienone is 5. The molecule has 6 heteroatoms. The van der Waals surface area contributed by atoms with Gasteiger partial charge in [-0.15, -0.1) is 0 Å². The number of methoxy groups -OCH3 is 1. The van der Waals surface area contributed by atoms with E-state index in [2.05, 4.69) is 13.2 Å². The molecule has 0 aliphatic heterocycles. The summed E-state index contributed by atoms with van der Waals surface area (Å²) >= 11 is 0. The monoisotopic (exact) mass is 318 g/mol. The normalized spacial score (nSPS) is 13.2. The van der Waals surface area contributed by atoms with Gasteiger partial charge in [-0.1, -0.05) is 25.3 Å². The third kappa shape index (κ3) is 7.38. The van der Waals surface area contributed by atoms with Gasteiger partial charge in [0, 0.05) is 18.3 Å². The molecule has 124 valence electrons. The van der Waals surface area contributed by atoms with E-state index in [-0.39, 0.29) is 18.0 Å². The molecule has 0 rings (SSSR count). The average molecular weight is 318 g/mol. The molecule has 0 spiro atoms. The standard InChI is InChI=1S/C16H21F3O3/c1-11(10-22-9-8-21-5)15(13(3)14(4)20)7-6-12(2)16(17,18)19/h6-7H,2-3,8-10H2,1,4-5H3/b7-6-,15-11-. The minimum atomic E-state index is -4.51. The third-order valence-electron chi connectivity index (χ3n) is 2.78. The fraction of sp³-hybridized carbons (Fsp3) is 0.438. The first-order chi connectivity index (χ1) is 10.1. The van der Waals surface area contributed by atoms with Crippen LogP contribution in [0.3, 0.4) is 0 Å². The van der Waals surface area contributed by atoms with E-state index in [9.17, 15) is 18.0 Å². The van der Waals surface area contributed by atoms with Crippen molar-refractivity contribution in [3.8, 4) is 0 Å². The maximum absolute atomic E-state index is 12.5. The first-order valence-corrected chi connectivity index (χ1v) is 6.52. The average Bonchev–Trinajstić information content (AvgIpc) is 2.42. The van der Waals surface area contributed by atoms with Crippen molar-refractivity contribution < 1.29 is 27.4 Å². The lowest BCUT2D eigenvalue weighted by Gasteiger charge is -2.11. The van der Waals surface area contributed by atoms with Crippen LogP contribution in [0, 0.1) is 0 Å². The highest BCUT2D eigenvalue weighted by Gasteiger charge is 2.29. The Morgan fingerprint density at radius 1 is 1.14 bits per heavy atom. The molecule has 0 saturated carbocycles. The smallest absolute Gasteiger partial charge is 0.382 e. The molecule has 0 atom stereocenters. The lowest BCUT2D eigenvalue weighted by Crippen LogP contribution is -2.09. The van der Waals surface area contributed by atoms with E-state index < -0.39 is 11.7 Å². The Morgan fingerprint density at radius 2 is 1.73 bits per heavy atom. The van der Waals surface area contributed by atoms with Crippen molar-refractivity contribution in [2.24, 2.45) is 0 Å². The van der Waals surface area contributed by atoms with E-state index in [4.69, 9.17) is 9.47 Å². The van der Waals surface area contributed by atoms with Crippen molar-refractivity contribution in [3.05, 3.63) is 47.6 Å². The number of ether oxygens (including phenoxy) is 2. The topological polar surface area (TPSA) is 35.5 Å². The van der Waals surface area contributed by atoms with Crippen LogP contribution < -0.4 is 0 Å². The molecule has 0 N–H and O–H groups in total. The van der Waals surface area contributed by atoms with Crippen LogP contribution in [0.25, 0.3) is 0 Å². The van der Waals surface area contributed by atoms with Gasteiger partial charge in [-0.25, -0.2) is 0 Å². The van der Waals surface area contributed by atoms with Gasteiger partial charge in [-0.3, -0.25) is 4.79 Å². The summed E-state index contributed by atoms with van der Waals surface area (Å²) in [6.45, 7) is 10.4. The molecule has 0 aromatic heterocycles. The van der Waals surface area contributed by atoms with Gasteiger partial charge in [0.25, 0.3) is 0 Å². The van der Waals surface area contributed by atoms with E-state index in [0.717, 1.165) is 6.08 Å². The van der Waals surface area contributed by atoms with E-state index in [0.29, 0.717) is 24.4 Å². The lowest BCUT2D eigenvalue weighted by molar-refractivity contribution is -0.113. The van der Waals surface area contributed by atoms with E-state index in [1.807, 2.05) is 0 Å². The van der Waals surface area contributed by atoms with Gasteiger partial charge in [0.05, 0.1) is 19.8 Å². The first-order valence-electron chi connectivity index (χ1n) is 6.52. The maximum Gasteiger partial charge on any atom is 0.415 e. The molecule has 0 aromatic carbocycles. The zero-order chi connectivity index (χ0) is 17.3. The van der Waals surface area contributed by atoms with E-state index in [1.165, 1.54) is 20.1 Å². The van der Waals surface area contributed by atoms with E-state index >= 15 is 0 Å². The molecular formula is C16H21F3O3. The molecule has 0 aromatic rings. The van der Waals surface area contributed by atoms with Crippen molar-refractivity contribution in [2.45, 2.75) is 20.0 Å². The van der Waals surface area contributed by atoms with Gasteiger partial charge in [-0.2, -0.15) is 13.2 Å². The lowest BCUT2D eigenvalue weighted by atomic mass is 9.98. The van der Waals surface area contributed by atoms with Gasteiger partial charge < -0.3 is 9.47 Å². The largest absolute Gasteiger partial charge is 0.415 e. The predicted octanol–water partition coefficient (Wildman–Crippen LogP) is 3.79. The van der Waals surface area contributed by atoms with Gasteiger partial charge in [0.1, 0.15) is 0 Å². The predicted molar refractivity (Wildman–Crippen MR) is 79.6 cm³/mol. The van der Waals surface area contributed by atoms with Crippen molar-refractivity contribution in [1.82, 2.24) is 0 Å². The number of ketones is 1. The molecule has 0 fully saturated rings. The fourth-order valence-electron chi connectivity index (χ4n) is 1.41. The van der Waals surface area contributed by atoms with Crippen LogP contribution in [0.4, 0.5) is 13.2 Å². The molecular weight excluding hydrogens is 297 g/mol. The van der Waals surface area contributed by atoms with Crippen LogP contribution in [0.5, 0.6) is 0 Å². The Bertz CT molecular complexity index is 485. The minimum absolute atomic E-state index is 0.124. The van der Waals surface area contributed by atoms with Gasteiger partial charge in [0.15, 0.2) is 5.78 Å². The molecule has 0 bridgehead atoms. The number of carbonyl (C=O) groups is 1. The number of carbonyl (C=O) groups excluding carboxylic acids is 1. The Labute approximate surface area is 128 Å². The number of Topliss-reactive ketones (excluding diaryl/α,β-unsaturated/α-hetero) is 1. The van der Waals surface area contributed by atoms with Crippen molar-refractivity contribution >= 4 is 5.78 Å². The Hall–Kier alpha value is -1.66. The second-order valence-electron chi connectivity index (χ2n) is 4.63. The van der Waals surface area contributed by atoms with Crippen LogP contribution in [0.1, 0.15) is 13.8 Å². The van der Waals surface area contributed by atoms with Crippen LogP contribution in [-0.2, 0) is 14.3 Å². The summed E-state index contributed by atoms with van der Waals surface area (Å²) in [5.74, 6) is -0.325. The summed E-state index contributed by atoms with van der Waals surface area (Å²) in [6, 6.07) is 0. The number of halogens is 3. The molecule has 0 amide bonds. The Morgan fingerprint density at radius 3 is 2.18 bits per heavy atom. The summed E-state index contributed by atoms with van der Waals surface area (Å²) < 4.78 is 47.5. The van der Waals surface area contributed by atoms with Gasteiger partial charge in [-0.05, 0) is 25.0 Å². The zero-order valence-electron chi connectivity index (χ0n) is 13.0. The van der Waals surface area contributed by atoms with Gasteiger partial charge >= 0.3 is 6.18 Å². The van der Waals surface area contributed by atoms with Crippen molar-refractivity contribution in [3.63, 3.8) is 0 Å². The molecule has 0 heterocycles. The molecule has 0 aliphatic rings. The van der Waals surface area contributed by atoms with Crippen LogP contribution in [0.2, 0.25) is 0 Å². The minimum Gasteiger partial charge on any atom is -0.382 e. The summed E-state index contributed by atoms with van der Waals surface area (Å²) in [6.07, 6.45) is -2.50. The number of hydrogen-bond donors (Lipinski definition) is 0. The van der Waals surface area contributed by atoms with Crippen molar-refractivity contribution in [2.75, 3.05) is 26.9 Å². The molecule has 0 unspecified atom stereocenters. The highest BCUT2D eigenvalue weighted by Crippen LogP contribution is 2.26. The fourth-order valence-corrected chi connectivity index (χ4v) is 1.41. The number of hydrogen-bond acceptors (Lipinski definition) is 3. The summed E-state index contributed by atoms with van der Waals surface area (Å²) in [5, 5.41) is 0. The van der Waals surface area contributed by atoms with Crippen molar-refractivity contribution in [1.29, 1.82) is 0 Å². The van der Waals surface area contributed by atoms with Crippen LogP contribution in [0.15, 0.2) is 47.6 Å².